The number of hydrogen-bond acceptors (Lipinski definition) is 5. The predicted molar refractivity (Wildman–Crippen MR) is 200 cm³/mol. The molecule has 0 bridgehead atoms. The van der Waals surface area contributed by atoms with Crippen LogP contribution in [0.5, 0.6) is 0 Å². The molecule has 1 aliphatic heterocycles. The summed E-state index contributed by atoms with van der Waals surface area (Å²) in [4.78, 5) is 11.6. The van der Waals surface area contributed by atoms with Gasteiger partial charge in [-0.1, -0.05) is 136 Å². The molecule has 0 aromatic heterocycles. The Kier molecular flexibility index (Phi) is 13.6. The largest absolute Gasteiger partial charge is 0.481 e. The molecule has 49 heavy (non-hydrogen) atoms. The maximum Gasteiger partial charge on any atom is 0.306 e. The van der Waals surface area contributed by atoms with Gasteiger partial charge in [0.05, 0.1) is 31.3 Å². The first-order valence-corrected chi connectivity index (χ1v) is 20.6. The first-order valence-electron chi connectivity index (χ1n) is 17.3. The Morgan fingerprint density at radius 2 is 1.45 bits per heavy atom. The van der Waals surface area contributed by atoms with Gasteiger partial charge in [0.2, 0.25) is 0 Å². The topological polar surface area (TPSA) is 85.2 Å². The summed E-state index contributed by atoms with van der Waals surface area (Å²) in [6, 6.07) is 30.5. The van der Waals surface area contributed by atoms with Crippen molar-refractivity contribution in [1.82, 2.24) is 0 Å². The highest BCUT2D eigenvalue weighted by Gasteiger charge is 2.42. The van der Waals surface area contributed by atoms with E-state index in [0.29, 0.717) is 30.7 Å². The third kappa shape index (κ3) is 10.3. The standard InChI is InChI=1S/C41H53ClO6Si/c1-30(37(28-39(44)45)48-49(5,6)40(2,3)4)17-16-24-34(42)25-26-35-27-36(43)38(47-35)29-46-41(31-18-10-7-11-19-31,32-20-12-8-13-21-32)33-22-14-9-15-23-33/h7-15,17-24,35-38,43H,16,25-29H2,1-6H3,(H,44,45)/b30-17-,34-24-/t35-,36-,37?,38-/m1/s1. The lowest BCUT2D eigenvalue weighted by atomic mass is 9.80. The second-order valence-electron chi connectivity index (χ2n) is 14.5. The van der Waals surface area contributed by atoms with Gasteiger partial charge in [0.25, 0.3) is 0 Å². The molecule has 1 saturated heterocycles. The molecule has 0 spiro atoms. The average Bonchev–Trinajstić information content (AvgIpc) is 3.43. The second-order valence-corrected chi connectivity index (χ2v) is 19.8. The lowest BCUT2D eigenvalue weighted by molar-refractivity contribution is -0.138. The molecule has 3 aromatic rings. The van der Waals surface area contributed by atoms with Crippen LogP contribution >= 0.6 is 11.6 Å². The Bertz CT molecular complexity index is 1440. The highest BCUT2D eigenvalue weighted by molar-refractivity contribution is 6.74. The Morgan fingerprint density at radius 1 is 0.939 bits per heavy atom. The van der Waals surface area contributed by atoms with Crippen LogP contribution in [0.25, 0.3) is 0 Å². The van der Waals surface area contributed by atoms with E-state index in [0.717, 1.165) is 22.3 Å². The molecule has 0 aliphatic carbocycles. The van der Waals surface area contributed by atoms with Gasteiger partial charge in [-0.2, -0.15) is 0 Å². The van der Waals surface area contributed by atoms with E-state index < -0.39 is 38.2 Å². The van der Waals surface area contributed by atoms with Crippen LogP contribution in [0.4, 0.5) is 0 Å². The van der Waals surface area contributed by atoms with Gasteiger partial charge in [-0.15, -0.1) is 0 Å². The van der Waals surface area contributed by atoms with Crippen molar-refractivity contribution in [1.29, 1.82) is 0 Å². The van der Waals surface area contributed by atoms with Gasteiger partial charge < -0.3 is 24.1 Å². The SMILES string of the molecule is C/C(=C/C/C=C(\Cl)CC[C@@H]1C[C@@H](O)[C@@H](COC(c2ccccc2)(c2ccccc2)c2ccccc2)O1)C(CC(=O)O)O[Si](C)(C)C(C)(C)C. The van der Waals surface area contributed by atoms with Gasteiger partial charge in [0.1, 0.15) is 11.7 Å². The Morgan fingerprint density at radius 3 is 1.92 bits per heavy atom. The molecule has 1 unspecified atom stereocenters. The van der Waals surface area contributed by atoms with Gasteiger partial charge in [0.15, 0.2) is 8.32 Å². The fourth-order valence-electron chi connectivity index (χ4n) is 6.02. The maximum absolute atomic E-state index is 11.6. The molecule has 2 N–H and O–H groups in total. The minimum absolute atomic E-state index is 0.0247. The molecule has 264 valence electrons. The zero-order valence-corrected chi connectivity index (χ0v) is 31.5. The van der Waals surface area contributed by atoms with E-state index in [4.69, 9.17) is 25.5 Å². The zero-order chi connectivity index (χ0) is 35.7. The van der Waals surface area contributed by atoms with Crippen molar-refractivity contribution in [3.05, 3.63) is 130 Å². The first kappa shape index (κ1) is 38.8. The van der Waals surface area contributed by atoms with Crippen molar-refractivity contribution in [3.63, 3.8) is 0 Å². The third-order valence-electron chi connectivity index (χ3n) is 9.90. The van der Waals surface area contributed by atoms with E-state index in [2.05, 4.69) is 70.3 Å². The summed E-state index contributed by atoms with van der Waals surface area (Å²) in [7, 11) is -2.16. The smallest absolute Gasteiger partial charge is 0.306 e. The van der Waals surface area contributed by atoms with Crippen LogP contribution in [-0.2, 0) is 24.3 Å². The first-order chi connectivity index (χ1) is 23.2. The Balaban J connectivity index is 1.39. The minimum Gasteiger partial charge on any atom is -0.481 e. The van der Waals surface area contributed by atoms with E-state index in [1.54, 1.807) is 0 Å². The van der Waals surface area contributed by atoms with E-state index in [1.165, 1.54) is 0 Å². The number of ether oxygens (including phenoxy) is 2. The monoisotopic (exact) mass is 704 g/mol. The van der Waals surface area contributed by atoms with Crippen LogP contribution in [0.1, 0.15) is 76.5 Å². The average molecular weight is 705 g/mol. The zero-order valence-electron chi connectivity index (χ0n) is 29.8. The van der Waals surface area contributed by atoms with Gasteiger partial charge in [-0.05, 0) is 66.6 Å². The number of carboxylic acids is 1. The lowest BCUT2D eigenvalue weighted by Crippen LogP contribution is -2.44. The number of halogens is 1. The number of hydrogen-bond donors (Lipinski definition) is 2. The van der Waals surface area contributed by atoms with Crippen molar-refractivity contribution >= 4 is 25.9 Å². The van der Waals surface area contributed by atoms with Crippen LogP contribution in [-0.4, -0.2) is 55.5 Å². The third-order valence-corrected chi connectivity index (χ3v) is 14.7. The van der Waals surface area contributed by atoms with Crippen molar-refractivity contribution in [2.75, 3.05) is 6.61 Å². The molecular formula is C41H53ClO6Si. The summed E-state index contributed by atoms with van der Waals surface area (Å²) in [6.45, 7) is 12.9. The maximum atomic E-state index is 11.6. The summed E-state index contributed by atoms with van der Waals surface area (Å²) >= 11 is 6.64. The Hall–Kier alpha value is -3.04. The van der Waals surface area contributed by atoms with Crippen molar-refractivity contribution < 1.29 is 28.9 Å². The molecule has 0 saturated carbocycles. The summed E-state index contributed by atoms with van der Waals surface area (Å²) in [5.74, 6) is -0.877. The molecule has 1 fully saturated rings. The summed E-state index contributed by atoms with van der Waals surface area (Å²) < 4.78 is 19.8. The molecule has 3 aromatic carbocycles. The molecule has 4 atom stereocenters. The van der Waals surface area contributed by atoms with Gasteiger partial charge in [0, 0.05) is 11.5 Å². The highest BCUT2D eigenvalue weighted by Crippen LogP contribution is 2.42. The molecule has 1 aliphatic rings. The molecule has 8 heteroatoms. The molecule has 6 nitrogen and oxygen atoms in total. The van der Waals surface area contributed by atoms with E-state index in [1.807, 2.05) is 73.7 Å². The van der Waals surface area contributed by atoms with Crippen molar-refractivity contribution in [2.24, 2.45) is 0 Å². The van der Waals surface area contributed by atoms with Gasteiger partial charge in [-0.25, -0.2) is 0 Å². The summed E-state index contributed by atoms with van der Waals surface area (Å²) in [6.07, 6.45) is 4.49. The van der Waals surface area contributed by atoms with Crippen molar-refractivity contribution in [3.8, 4) is 0 Å². The molecule has 4 rings (SSSR count). The van der Waals surface area contributed by atoms with Gasteiger partial charge >= 0.3 is 5.97 Å². The predicted octanol–water partition coefficient (Wildman–Crippen LogP) is 9.62. The quantitative estimate of drug-likeness (QED) is 0.0878. The van der Waals surface area contributed by atoms with E-state index in [9.17, 15) is 15.0 Å². The number of allylic oxidation sites excluding steroid dienone is 3. The van der Waals surface area contributed by atoms with Crippen LogP contribution in [0.2, 0.25) is 18.1 Å². The fraction of sp³-hybridized carbons (Fsp3) is 0.439. The Labute approximate surface area is 298 Å². The summed E-state index contributed by atoms with van der Waals surface area (Å²) in [5, 5.41) is 21.3. The minimum atomic E-state index is -2.16. The van der Waals surface area contributed by atoms with Crippen LogP contribution in [0.15, 0.2) is 114 Å². The van der Waals surface area contributed by atoms with Crippen LogP contribution in [0, 0.1) is 0 Å². The number of carbonyl (C=O) groups is 1. The fourth-order valence-corrected chi connectivity index (χ4v) is 7.55. The number of aliphatic hydroxyl groups excluding tert-OH is 1. The van der Waals surface area contributed by atoms with Crippen LogP contribution in [0.3, 0.4) is 0 Å². The molecular weight excluding hydrogens is 652 g/mol. The van der Waals surface area contributed by atoms with Gasteiger partial charge in [-0.3, -0.25) is 4.79 Å². The molecule has 0 amide bonds. The second kappa shape index (κ2) is 17.3. The number of aliphatic hydroxyl groups is 1. The number of benzene rings is 3. The number of rotatable bonds is 16. The molecule has 1 heterocycles. The summed E-state index contributed by atoms with van der Waals surface area (Å²) in [5.41, 5.74) is 3.01. The van der Waals surface area contributed by atoms with Crippen LogP contribution < -0.4 is 0 Å². The van der Waals surface area contributed by atoms with E-state index in [-0.39, 0.29) is 24.2 Å². The van der Waals surface area contributed by atoms with E-state index >= 15 is 0 Å². The molecule has 0 radical (unpaired) electrons. The highest BCUT2D eigenvalue weighted by atomic mass is 35.5. The normalized spacial score (nSPS) is 20.0. The number of aliphatic carboxylic acids is 1. The number of carboxylic acid groups (broad SMARTS) is 1. The lowest BCUT2D eigenvalue weighted by Gasteiger charge is -2.39. The van der Waals surface area contributed by atoms with Crippen molar-refractivity contribution in [2.45, 2.75) is 108 Å².